The maximum absolute atomic E-state index is 12.0. The van der Waals surface area contributed by atoms with Crippen molar-refractivity contribution < 1.29 is 9.59 Å². The van der Waals surface area contributed by atoms with Crippen LogP contribution in [0.2, 0.25) is 5.02 Å². The zero-order valence-electron chi connectivity index (χ0n) is 11.2. The molecule has 0 bridgehead atoms. The van der Waals surface area contributed by atoms with Crippen molar-refractivity contribution >= 4 is 35.3 Å². The van der Waals surface area contributed by atoms with Gasteiger partial charge in [-0.25, -0.2) is 4.79 Å². The number of thioether (sulfide) groups is 1. The maximum atomic E-state index is 12.0. The summed E-state index contributed by atoms with van der Waals surface area (Å²) in [4.78, 5) is 22.9. The monoisotopic (exact) mass is 315 g/mol. The summed E-state index contributed by atoms with van der Waals surface area (Å²) >= 11 is 7.47. The van der Waals surface area contributed by atoms with Gasteiger partial charge in [0.2, 0.25) is 5.91 Å². The Hall–Kier alpha value is -1.40. The molecule has 20 heavy (non-hydrogen) atoms. The smallest absolute Gasteiger partial charge is 0.312 e. The number of hydrogen-bond acceptors (Lipinski definition) is 3. The lowest BCUT2D eigenvalue weighted by Crippen LogP contribution is -2.48. The van der Waals surface area contributed by atoms with E-state index in [9.17, 15) is 9.59 Å². The lowest BCUT2D eigenvalue weighted by atomic mass is 10.2. The molecule has 0 radical (unpaired) electrons. The third-order valence-corrected chi connectivity index (χ3v) is 3.48. The van der Waals surface area contributed by atoms with Gasteiger partial charge in [-0.3, -0.25) is 4.79 Å². The molecular weight excluding hydrogens is 298 g/mol. The van der Waals surface area contributed by atoms with Crippen LogP contribution in [0.4, 0.5) is 4.79 Å². The predicted molar refractivity (Wildman–Crippen MR) is 82.8 cm³/mol. The minimum absolute atomic E-state index is 0.252. The third kappa shape index (κ3) is 6.16. The van der Waals surface area contributed by atoms with Crippen molar-refractivity contribution in [1.82, 2.24) is 10.6 Å². The summed E-state index contributed by atoms with van der Waals surface area (Å²) in [5.74, 6) is 0.507. The van der Waals surface area contributed by atoms with Gasteiger partial charge in [0, 0.05) is 11.6 Å². The quantitative estimate of drug-likeness (QED) is 0.716. The molecule has 0 saturated heterocycles. The van der Waals surface area contributed by atoms with E-state index in [0.29, 0.717) is 18.0 Å². The number of amides is 3. The standard InChI is InChI=1S/C13H18ClN3O2S/c1-20-6-5-11(17-13(15)19)12(18)16-8-9-3-2-4-10(14)7-9/h2-4,7,11H,5-6,8H2,1H3,(H,16,18)(H3,15,17,19)/t11-/m1/s1. The SMILES string of the molecule is CSCC[C@@H](NC(N)=O)C(=O)NCc1cccc(Cl)c1. The number of primary amides is 1. The molecule has 0 aliphatic rings. The first-order valence-corrected chi connectivity index (χ1v) is 7.87. The highest BCUT2D eigenvalue weighted by atomic mass is 35.5. The first kappa shape index (κ1) is 16.7. The average molecular weight is 316 g/mol. The van der Waals surface area contributed by atoms with Gasteiger partial charge in [0.15, 0.2) is 0 Å². The van der Waals surface area contributed by atoms with E-state index in [1.165, 1.54) is 0 Å². The van der Waals surface area contributed by atoms with Gasteiger partial charge in [-0.1, -0.05) is 23.7 Å². The zero-order valence-corrected chi connectivity index (χ0v) is 12.8. The Morgan fingerprint density at radius 1 is 1.45 bits per heavy atom. The number of hydrogen-bond donors (Lipinski definition) is 3. The number of nitrogens with two attached hydrogens (primary N) is 1. The number of carbonyl (C=O) groups excluding carboxylic acids is 2. The van der Waals surface area contributed by atoms with Gasteiger partial charge in [0.25, 0.3) is 0 Å². The van der Waals surface area contributed by atoms with E-state index >= 15 is 0 Å². The number of halogens is 1. The first-order valence-electron chi connectivity index (χ1n) is 6.10. The molecule has 5 nitrogen and oxygen atoms in total. The van der Waals surface area contributed by atoms with Gasteiger partial charge in [0.1, 0.15) is 6.04 Å². The topological polar surface area (TPSA) is 84.2 Å². The molecule has 0 aliphatic heterocycles. The fourth-order valence-electron chi connectivity index (χ4n) is 1.64. The summed E-state index contributed by atoms with van der Waals surface area (Å²) in [6, 6.07) is 5.91. The molecule has 110 valence electrons. The summed E-state index contributed by atoms with van der Waals surface area (Å²) in [6.45, 7) is 0.357. The van der Waals surface area contributed by atoms with Crippen LogP contribution >= 0.6 is 23.4 Å². The van der Waals surface area contributed by atoms with Crippen molar-refractivity contribution in [3.05, 3.63) is 34.9 Å². The summed E-state index contributed by atoms with van der Waals surface area (Å²) in [7, 11) is 0. The predicted octanol–water partition coefficient (Wildman–Crippen LogP) is 1.75. The molecule has 0 spiro atoms. The maximum Gasteiger partial charge on any atom is 0.312 e. The molecular formula is C13H18ClN3O2S. The van der Waals surface area contributed by atoms with Crippen molar-refractivity contribution in [2.45, 2.75) is 19.0 Å². The van der Waals surface area contributed by atoms with E-state index in [0.717, 1.165) is 11.3 Å². The molecule has 4 N–H and O–H groups in total. The van der Waals surface area contributed by atoms with Gasteiger partial charge in [-0.15, -0.1) is 0 Å². The summed E-state index contributed by atoms with van der Waals surface area (Å²) in [6.07, 6.45) is 2.47. The average Bonchev–Trinajstić information content (AvgIpc) is 2.40. The van der Waals surface area contributed by atoms with Crippen molar-refractivity contribution in [2.75, 3.05) is 12.0 Å². The molecule has 0 saturated carbocycles. The lowest BCUT2D eigenvalue weighted by molar-refractivity contribution is -0.123. The van der Waals surface area contributed by atoms with E-state index < -0.39 is 12.1 Å². The van der Waals surface area contributed by atoms with Crippen molar-refractivity contribution in [3.8, 4) is 0 Å². The molecule has 1 aromatic rings. The van der Waals surface area contributed by atoms with Crippen molar-refractivity contribution in [2.24, 2.45) is 5.73 Å². The van der Waals surface area contributed by atoms with Crippen LogP contribution in [0, 0.1) is 0 Å². The van der Waals surface area contributed by atoms with E-state index in [-0.39, 0.29) is 5.91 Å². The summed E-state index contributed by atoms with van der Waals surface area (Å²) in [5, 5.41) is 5.83. The molecule has 0 aliphatic carbocycles. The Balaban J connectivity index is 2.54. The fraction of sp³-hybridized carbons (Fsp3) is 0.385. The highest BCUT2D eigenvalue weighted by Crippen LogP contribution is 2.10. The van der Waals surface area contributed by atoms with Gasteiger partial charge in [-0.2, -0.15) is 11.8 Å². The van der Waals surface area contributed by atoms with Crippen LogP contribution in [0.1, 0.15) is 12.0 Å². The Kier molecular flexibility index (Phi) is 7.25. The fourth-order valence-corrected chi connectivity index (χ4v) is 2.32. The van der Waals surface area contributed by atoms with Gasteiger partial charge < -0.3 is 16.4 Å². The van der Waals surface area contributed by atoms with Crippen LogP contribution in [-0.4, -0.2) is 30.0 Å². The van der Waals surface area contributed by atoms with E-state index in [2.05, 4.69) is 10.6 Å². The minimum Gasteiger partial charge on any atom is -0.352 e. The van der Waals surface area contributed by atoms with E-state index in [4.69, 9.17) is 17.3 Å². The third-order valence-electron chi connectivity index (χ3n) is 2.60. The number of nitrogens with one attached hydrogen (secondary N) is 2. The highest BCUT2D eigenvalue weighted by molar-refractivity contribution is 7.98. The minimum atomic E-state index is -0.700. The zero-order chi connectivity index (χ0) is 15.0. The molecule has 0 aromatic heterocycles. The molecule has 1 atom stereocenters. The molecule has 7 heteroatoms. The van der Waals surface area contributed by atoms with Crippen molar-refractivity contribution in [1.29, 1.82) is 0 Å². The van der Waals surface area contributed by atoms with Crippen LogP contribution < -0.4 is 16.4 Å². The second-order valence-electron chi connectivity index (χ2n) is 4.19. The second-order valence-corrected chi connectivity index (χ2v) is 5.61. The Morgan fingerprint density at radius 3 is 2.80 bits per heavy atom. The molecule has 0 fully saturated rings. The largest absolute Gasteiger partial charge is 0.352 e. The molecule has 0 unspecified atom stereocenters. The Bertz CT molecular complexity index is 471. The van der Waals surface area contributed by atoms with Gasteiger partial charge in [-0.05, 0) is 36.1 Å². The normalized spacial score (nSPS) is 11.7. The van der Waals surface area contributed by atoms with Gasteiger partial charge in [0.05, 0.1) is 0 Å². The number of carbonyl (C=O) groups is 2. The lowest BCUT2D eigenvalue weighted by Gasteiger charge is -2.16. The van der Waals surface area contributed by atoms with E-state index in [1.54, 1.807) is 23.9 Å². The van der Waals surface area contributed by atoms with Crippen LogP contribution in [0.3, 0.4) is 0 Å². The highest BCUT2D eigenvalue weighted by Gasteiger charge is 2.18. The van der Waals surface area contributed by atoms with Gasteiger partial charge >= 0.3 is 6.03 Å². The Labute approximate surface area is 127 Å². The van der Waals surface area contributed by atoms with Crippen molar-refractivity contribution in [3.63, 3.8) is 0 Å². The first-order chi connectivity index (χ1) is 9.52. The molecule has 0 heterocycles. The molecule has 3 amide bonds. The summed E-state index contributed by atoms with van der Waals surface area (Å²) < 4.78 is 0. The Morgan fingerprint density at radius 2 is 2.20 bits per heavy atom. The van der Waals surface area contributed by atoms with Crippen LogP contribution in [0.5, 0.6) is 0 Å². The number of benzene rings is 1. The molecule has 1 aromatic carbocycles. The molecule has 1 rings (SSSR count). The number of urea groups is 1. The number of rotatable bonds is 7. The van der Waals surface area contributed by atoms with Crippen LogP contribution in [-0.2, 0) is 11.3 Å². The van der Waals surface area contributed by atoms with Crippen LogP contribution in [0.15, 0.2) is 24.3 Å². The van der Waals surface area contributed by atoms with Crippen LogP contribution in [0.25, 0.3) is 0 Å². The van der Waals surface area contributed by atoms with E-state index in [1.807, 2.05) is 18.4 Å². The second kappa shape index (κ2) is 8.71. The summed E-state index contributed by atoms with van der Waals surface area (Å²) in [5.41, 5.74) is 5.97.